The number of ether oxygens (including phenoxy) is 1. The Hall–Kier alpha value is -1.97. The number of rotatable bonds is 10. The number of aliphatic hydroxyl groups is 1. The lowest BCUT2D eigenvalue weighted by atomic mass is 10.1. The highest BCUT2D eigenvalue weighted by Crippen LogP contribution is 2.20. The van der Waals surface area contributed by atoms with E-state index in [1.165, 1.54) is 12.1 Å². The number of carboxylic acids is 1. The highest BCUT2D eigenvalue weighted by molar-refractivity contribution is 7.76. The van der Waals surface area contributed by atoms with Crippen molar-refractivity contribution in [3.63, 3.8) is 0 Å². The Balaban J connectivity index is 2.20. The lowest BCUT2D eigenvalue weighted by molar-refractivity contribution is 0.0697. The number of carbonyl (C=O) groups is 1. The SMILES string of the molecule is O=C(O)c1ccc(CN([C@H](CO)[C@H](CCl)Oc2ccccc2)S(=O)O)cc1. The van der Waals surface area contributed by atoms with Crippen molar-refractivity contribution in [2.24, 2.45) is 0 Å². The zero-order chi connectivity index (χ0) is 19.8. The average molecular weight is 414 g/mol. The summed E-state index contributed by atoms with van der Waals surface area (Å²) in [6, 6.07) is 13.9. The first-order valence-corrected chi connectivity index (χ1v) is 9.64. The summed E-state index contributed by atoms with van der Waals surface area (Å²) < 4.78 is 28.5. The molecule has 0 spiro atoms. The Morgan fingerprint density at radius 2 is 1.78 bits per heavy atom. The highest BCUT2D eigenvalue weighted by atomic mass is 35.5. The molecule has 0 radical (unpaired) electrons. The van der Waals surface area contributed by atoms with Crippen LogP contribution in [0.1, 0.15) is 15.9 Å². The fraction of sp³-hybridized carbons (Fsp3) is 0.278. The first-order chi connectivity index (χ1) is 13.0. The number of benzene rings is 2. The van der Waals surface area contributed by atoms with E-state index in [0.29, 0.717) is 11.3 Å². The van der Waals surface area contributed by atoms with Crippen LogP contribution in [0.4, 0.5) is 0 Å². The first-order valence-electron chi connectivity index (χ1n) is 8.04. The fourth-order valence-corrected chi connectivity index (χ4v) is 3.46. The summed E-state index contributed by atoms with van der Waals surface area (Å²) in [4.78, 5) is 10.9. The molecule has 146 valence electrons. The number of aromatic carboxylic acids is 1. The van der Waals surface area contributed by atoms with Crippen molar-refractivity contribution in [3.8, 4) is 5.75 Å². The molecule has 9 heteroatoms. The van der Waals surface area contributed by atoms with Gasteiger partial charge in [-0.2, -0.15) is 4.31 Å². The molecule has 0 bridgehead atoms. The van der Waals surface area contributed by atoms with Crippen molar-refractivity contribution in [2.75, 3.05) is 12.5 Å². The van der Waals surface area contributed by atoms with Crippen LogP contribution in [0.25, 0.3) is 0 Å². The Morgan fingerprint density at radius 3 is 2.26 bits per heavy atom. The molecule has 0 aromatic heterocycles. The second kappa shape index (κ2) is 10.4. The third kappa shape index (κ3) is 6.02. The van der Waals surface area contributed by atoms with E-state index in [2.05, 4.69) is 0 Å². The molecule has 0 heterocycles. The molecule has 1 unspecified atom stereocenters. The van der Waals surface area contributed by atoms with Crippen LogP contribution < -0.4 is 4.74 Å². The topological polar surface area (TPSA) is 107 Å². The molecule has 3 N–H and O–H groups in total. The first kappa shape index (κ1) is 21.3. The van der Waals surface area contributed by atoms with Crippen LogP contribution in [-0.4, -0.2) is 53.9 Å². The predicted molar refractivity (Wildman–Crippen MR) is 102 cm³/mol. The van der Waals surface area contributed by atoms with Crippen LogP contribution >= 0.6 is 11.6 Å². The highest BCUT2D eigenvalue weighted by Gasteiger charge is 2.32. The van der Waals surface area contributed by atoms with E-state index in [9.17, 15) is 18.7 Å². The van der Waals surface area contributed by atoms with E-state index in [4.69, 9.17) is 21.4 Å². The molecule has 2 rings (SSSR count). The van der Waals surface area contributed by atoms with Crippen molar-refractivity contribution in [2.45, 2.75) is 18.7 Å². The van der Waals surface area contributed by atoms with Crippen LogP contribution in [0.2, 0.25) is 0 Å². The Kier molecular flexibility index (Phi) is 8.21. The molecular formula is C18H20ClNO6S. The average Bonchev–Trinajstić information content (AvgIpc) is 2.67. The third-order valence-corrected chi connectivity index (χ3v) is 5.01. The van der Waals surface area contributed by atoms with Gasteiger partial charge in [0, 0.05) is 6.54 Å². The maximum absolute atomic E-state index is 11.9. The van der Waals surface area contributed by atoms with E-state index < -0.39 is 36.0 Å². The number of para-hydroxylation sites is 1. The number of hydrogen-bond acceptors (Lipinski definition) is 4. The second-order valence-corrected chi connectivity index (χ2v) is 6.92. The van der Waals surface area contributed by atoms with E-state index in [-0.39, 0.29) is 18.0 Å². The Morgan fingerprint density at radius 1 is 1.15 bits per heavy atom. The Labute approximate surface area is 164 Å². The van der Waals surface area contributed by atoms with Gasteiger partial charge in [0.2, 0.25) is 11.3 Å². The van der Waals surface area contributed by atoms with Crippen LogP contribution in [0.3, 0.4) is 0 Å². The lowest BCUT2D eigenvalue weighted by Crippen LogP contribution is -2.49. The van der Waals surface area contributed by atoms with Gasteiger partial charge >= 0.3 is 5.97 Å². The molecule has 0 amide bonds. The molecule has 0 saturated heterocycles. The zero-order valence-corrected chi connectivity index (χ0v) is 15.8. The molecular weight excluding hydrogens is 394 g/mol. The summed E-state index contributed by atoms with van der Waals surface area (Å²) in [6.45, 7) is -0.455. The van der Waals surface area contributed by atoms with E-state index in [1.54, 1.807) is 36.4 Å². The van der Waals surface area contributed by atoms with E-state index in [0.717, 1.165) is 4.31 Å². The fourth-order valence-electron chi connectivity index (χ4n) is 2.50. The number of carboxylic acid groups (broad SMARTS) is 1. The second-order valence-electron chi connectivity index (χ2n) is 5.68. The van der Waals surface area contributed by atoms with Crippen LogP contribution in [0, 0.1) is 0 Å². The molecule has 0 aliphatic heterocycles. The van der Waals surface area contributed by atoms with Gasteiger partial charge in [0.05, 0.1) is 24.1 Å². The molecule has 2 aromatic rings. The number of alkyl halides is 1. The summed E-state index contributed by atoms with van der Waals surface area (Å²) in [6.07, 6.45) is -0.742. The third-order valence-electron chi connectivity index (χ3n) is 3.91. The minimum Gasteiger partial charge on any atom is -0.487 e. The van der Waals surface area contributed by atoms with Crippen molar-refractivity contribution in [1.82, 2.24) is 4.31 Å². The van der Waals surface area contributed by atoms with Gasteiger partial charge in [0.25, 0.3) is 0 Å². The maximum atomic E-state index is 11.9. The van der Waals surface area contributed by atoms with Gasteiger partial charge in [-0.3, -0.25) is 4.55 Å². The summed E-state index contributed by atoms with van der Waals surface area (Å²) in [5.74, 6) is -0.543. The van der Waals surface area contributed by atoms with Crippen molar-refractivity contribution >= 4 is 28.8 Å². The summed E-state index contributed by atoms with van der Waals surface area (Å²) in [5, 5.41) is 18.8. The van der Waals surface area contributed by atoms with Crippen LogP contribution in [0.15, 0.2) is 54.6 Å². The van der Waals surface area contributed by atoms with Crippen molar-refractivity contribution < 1.29 is 28.5 Å². The maximum Gasteiger partial charge on any atom is 0.335 e. The summed E-state index contributed by atoms with van der Waals surface area (Å²) in [7, 11) is 0. The lowest BCUT2D eigenvalue weighted by Gasteiger charge is -2.32. The molecule has 0 saturated carbocycles. The molecule has 27 heavy (non-hydrogen) atoms. The standard InChI is InChI=1S/C18H20ClNO6S/c19-10-17(26-15-4-2-1-3-5-15)16(12-21)20(27(24)25)11-13-6-8-14(9-7-13)18(22)23/h1-9,16-17,21H,10-12H2,(H,22,23)(H,24,25)/t16-,17+/m1/s1. The number of aliphatic hydroxyl groups excluding tert-OH is 1. The quantitative estimate of drug-likeness (QED) is 0.407. The minimum absolute atomic E-state index is 0.000223. The largest absolute Gasteiger partial charge is 0.487 e. The Bertz CT molecular complexity index is 758. The minimum atomic E-state index is -2.41. The van der Waals surface area contributed by atoms with Gasteiger partial charge in [-0.1, -0.05) is 30.3 Å². The van der Waals surface area contributed by atoms with Crippen LogP contribution in [-0.2, 0) is 17.8 Å². The molecule has 0 aliphatic rings. The number of halogens is 1. The monoisotopic (exact) mass is 413 g/mol. The number of hydrogen-bond donors (Lipinski definition) is 3. The predicted octanol–water partition coefficient (Wildman–Crippen LogP) is 2.37. The molecule has 7 nitrogen and oxygen atoms in total. The number of nitrogens with zero attached hydrogens (tertiary/aromatic N) is 1. The summed E-state index contributed by atoms with van der Waals surface area (Å²) >= 11 is 3.58. The van der Waals surface area contributed by atoms with Gasteiger partial charge in [0.1, 0.15) is 11.9 Å². The molecule has 0 fully saturated rings. The smallest absolute Gasteiger partial charge is 0.335 e. The van der Waals surface area contributed by atoms with E-state index in [1.807, 2.05) is 6.07 Å². The van der Waals surface area contributed by atoms with Crippen molar-refractivity contribution in [1.29, 1.82) is 0 Å². The van der Waals surface area contributed by atoms with Gasteiger partial charge in [-0.25, -0.2) is 9.00 Å². The molecule has 3 atom stereocenters. The van der Waals surface area contributed by atoms with Gasteiger partial charge in [-0.15, -0.1) is 11.6 Å². The zero-order valence-electron chi connectivity index (χ0n) is 14.3. The van der Waals surface area contributed by atoms with Gasteiger partial charge in [0.15, 0.2) is 0 Å². The van der Waals surface area contributed by atoms with E-state index >= 15 is 0 Å². The van der Waals surface area contributed by atoms with Gasteiger partial charge < -0.3 is 14.9 Å². The molecule has 0 aliphatic carbocycles. The van der Waals surface area contributed by atoms with Crippen LogP contribution in [0.5, 0.6) is 5.75 Å². The summed E-state index contributed by atoms with van der Waals surface area (Å²) in [5.41, 5.74) is 0.717. The van der Waals surface area contributed by atoms with Gasteiger partial charge in [-0.05, 0) is 29.8 Å². The normalized spacial score (nSPS) is 14.5. The molecule has 2 aromatic carbocycles. The van der Waals surface area contributed by atoms with Crippen molar-refractivity contribution in [3.05, 3.63) is 65.7 Å².